The third kappa shape index (κ3) is 4.71. The van der Waals surface area contributed by atoms with Crippen molar-refractivity contribution < 1.29 is 14.3 Å². The van der Waals surface area contributed by atoms with Crippen molar-refractivity contribution >= 4 is 23.6 Å². The van der Waals surface area contributed by atoms with Crippen LogP contribution in [-0.4, -0.2) is 37.9 Å². The molecule has 6 nitrogen and oxygen atoms in total. The van der Waals surface area contributed by atoms with Crippen LogP contribution in [0.5, 0.6) is 5.75 Å². The number of hydrogen-bond acceptors (Lipinski definition) is 4. The van der Waals surface area contributed by atoms with Crippen molar-refractivity contribution in [1.29, 1.82) is 5.26 Å². The second kappa shape index (κ2) is 8.49. The predicted octanol–water partition coefficient (Wildman–Crippen LogP) is 2.94. The van der Waals surface area contributed by atoms with Gasteiger partial charge in [-0.1, -0.05) is 12.1 Å². The molecule has 0 aromatic heterocycles. The van der Waals surface area contributed by atoms with E-state index in [1.807, 2.05) is 6.07 Å². The highest BCUT2D eigenvalue weighted by Gasteiger charge is 2.11. The van der Waals surface area contributed by atoms with Gasteiger partial charge in [-0.3, -0.25) is 9.59 Å². The summed E-state index contributed by atoms with van der Waals surface area (Å²) < 4.78 is 5.13. The van der Waals surface area contributed by atoms with E-state index in [1.165, 1.54) is 11.0 Å². The molecule has 0 spiro atoms. The number of ether oxygens (including phenoxy) is 1. The van der Waals surface area contributed by atoms with Crippen LogP contribution >= 0.6 is 0 Å². The lowest BCUT2D eigenvalue weighted by atomic mass is 10.1. The van der Waals surface area contributed by atoms with Crippen LogP contribution in [0.15, 0.2) is 54.1 Å². The van der Waals surface area contributed by atoms with Crippen molar-refractivity contribution in [3.8, 4) is 11.8 Å². The Labute approximate surface area is 152 Å². The fourth-order valence-electron chi connectivity index (χ4n) is 2.20. The second-order valence-corrected chi connectivity index (χ2v) is 5.68. The molecule has 0 aliphatic heterocycles. The second-order valence-electron chi connectivity index (χ2n) is 5.68. The van der Waals surface area contributed by atoms with Crippen LogP contribution in [-0.2, 0) is 4.79 Å². The van der Waals surface area contributed by atoms with Crippen molar-refractivity contribution in [2.75, 3.05) is 26.5 Å². The zero-order valence-corrected chi connectivity index (χ0v) is 14.8. The quantitative estimate of drug-likeness (QED) is 0.664. The zero-order chi connectivity index (χ0) is 19.1. The molecule has 0 heterocycles. The maximum atomic E-state index is 12.3. The Morgan fingerprint density at radius 3 is 2.42 bits per heavy atom. The summed E-state index contributed by atoms with van der Waals surface area (Å²) in [5, 5.41) is 11.9. The molecule has 26 heavy (non-hydrogen) atoms. The van der Waals surface area contributed by atoms with E-state index in [9.17, 15) is 14.9 Å². The van der Waals surface area contributed by atoms with Crippen molar-refractivity contribution in [2.24, 2.45) is 0 Å². The van der Waals surface area contributed by atoms with E-state index in [4.69, 9.17) is 4.74 Å². The Hall–Kier alpha value is -3.59. The summed E-state index contributed by atoms with van der Waals surface area (Å²) in [5.74, 6) is -0.0156. The molecule has 2 aromatic rings. The Morgan fingerprint density at radius 2 is 1.85 bits per heavy atom. The summed E-state index contributed by atoms with van der Waals surface area (Å²) in [6.07, 6.45) is 1.49. The number of rotatable bonds is 5. The van der Waals surface area contributed by atoms with E-state index < -0.39 is 5.91 Å². The van der Waals surface area contributed by atoms with Crippen molar-refractivity contribution in [3.63, 3.8) is 0 Å². The molecule has 0 radical (unpaired) electrons. The molecule has 0 bridgehead atoms. The van der Waals surface area contributed by atoms with Crippen molar-refractivity contribution in [3.05, 3.63) is 65.2 Å². The maximum absolute atomic E-state index is 12.3. The molecule has 0 aliphatic carbocycles. The molecule has 2 rings (SSSR count). The molecule has 0 atom stereocenters. The SMILES string of the molecule is COc1cccc(/C=C(\C#N)C(=O)Nc2ccc(C(=O)N(C)C)cc2)c1. The van der Waals surface area contributed by atoms with E-state index in [1.54, 1.807) is 69.7 Å². The molecule has 0 saturated heterocycles. The van der Waals surface area contributed by atoms with Gasteiger partial charge in [-0.2, -0.15) is 5.26 Å². The van der Waals surface area contributed by atoms with Crippen LogP contribution in [0.4, 0.5) is 5.69 Å². The molecule has 132 valence electrons. The van der Waals surface area contributed by atoms with Gasteiger partial charge in [0.25, 0.3) is 11.8 Å². The molecule has 2 amide bonds. The van der Waals surface area contributed by atoms with Gasteiger partial charge in [0.1, 0.15) is 17.4 Å². The number of carbonyl (C=O) groups is 2. The summed E-state index contributed by atoms with van der Waals surface area (Å²) in [7, 11) is 4.88. The van der Waals surface area contributed by atoms with Gasteiger partial charge in [0, 0.05) is 25.3 Å². The number of anilines is 1. The molecule has 0 saturated carbocycles. The number of nitrogens with one attached hydrogen (secondary N) is 1. The smallest absolute Gasteiger partial charge is 0.266 e. The Morgan fingerprint density at radius 1 is 1.15 bits per heavy atom. The highest BCUT2D eigenvalue weighted by molar-refractivity contribution is 6.09. The molecule has 6 heteroatoms. The number of nitriles is 1. The van der Waals surface area contributed by atoms with Gasteiger partial charge in [0.05, 0.1) is 7.11 Å². The van der Waals surface area contributed by atoms with Crippen LogP contribution in [0.3, 0.4) is 0 Å². The summed E-state index contributed by atoms with van der Waals surface area (Å²) >= 11 is 0. The molecule has 1 N–H and O–H groups in total. The summed E-state index contributed by atoms with van der Waals surface area (Å²) in [4.78, 5) is 25.7. The van der Waals surface area contributed by atoms with Crippen LogP contribution < -0.4 is 10.1 Å². The summed E-state index contributed by atoms with van der Waals surface area (Å²) in [6, 6.07) is 15.4. The lowest BCUT2D eigenvalue weighted by Gasteiger charge is -2.11. The van der Waals surface area contributed by atoms with Gasteiger partial charge in [-0.05, 0) is 48.0 Å². The minimum absolute atomic E-state index is 0.0355. The minimum atomic E-state index is -0.526. The summed E-state index contributed by atoms with van der Waals surface area (Å²) in [5.41, 5.74) is 1.66. The van der Waals surface area contributed by atoms with Crippen LogP contribution in [0.1, 0.15) is 15.9 Å². The van der Waals surface area contributed by atoms with Crippen molar-refractivity contribution in [2.45, 2.75) is 0 Å². The first-order valence-electron chi connectivity index (χ1n) is 7.83. The molecule has 0 unspecified atom stereocenters. The first-order valence-corrected chi connectivity index (χ1v) is 7.83. The minimum Gasteiger partial charge on any atom is -0.497 e. The standard InChI is InChI=1S/C20H19N3O3/c1-23(2)20(25)15-7-9-17(10-8-15)22-19(24)16(13-21)11-14-5-4-6-18(12-14)26-3/h4-12H,1-3H3,(H,22,24)/b16-11+. The highest BCUT2D eigenvalue weighted by Crippen LogP contribution is 2.17. The monoisotopic (exact) mass is 349 g/mol. The molecule has 0 fully saturated rings. The van der Waals surface area contributed by atoms with Gasteiger partial charge >= 0.3 is 0 Å². The molecule has 0 aliphatic rings. The van der Waals surface area contributed by atoms with E-state index >= 15 is 0 Å². The Bertz CT molecular complexity index is 878. The summed E-state index contributed by atoms with van der Waals surface area (Å²) in [6.45, 7) is 0. The first-order chi connectivity index (χ1) is 12.4. The van der Waals surface area contributed by atoms with Gasteiger partial charge < -0.3 is 15.0 Å². The van der Waals surface area contributed by atoms with Crippen LogP contribution in [0.2, 0.25) is 0 Å². The molecular weight excluding hydrogens is 330 g/mol. The zero-order valence-electron chi connectivity index (χ0n) is 14.8. The number of methoxy groups -OCH3 is 1. The topological polar surface area (TPSA) is 82.4 Å². The number of nitrogens with zero attached hydrogens (tertiary/aromatic N) is 2. The lowest BCUT2D eigenvalue weighted by Crippen LogP contribution is -2.21. The van der Waals surface area contributed by atoms with Gasteiger partial charge in [-0.15, -0.1) is 0 Å². The van der Waals surface area contributed by atoms with Gasteiger partial charge in [0.2, 0.25) is 0 Å². The van der Waals surface area contributed by atoms with E-state index in [0.29, 0.717) is 22.6 Å². The maximum Gasteiger partial charge on any atom is 0.266 e. The Balaban J connectivity index is 2.15. The Kier molecular flexibility index (Phi) is 6.12. The average Bonchev–Trinajstić information content (AvgIpc) is 2.66. The predicted molar refractivity (Wildman–Crippen MR) is 99.7 cm³/mol. The highest BCUT2D eigenvalue weighted by atomic mass is 16.5. The van der Waals surface area contributed by atoms with Gasteiger partial charge in [0.15, 0.2) is 0 Å². The molecular formula is C20H19N3O3. The fourth-order valence-corrected chi connectivity index (χ4v) is 2.20. The average molecular weight is 349 g/mol. The van der Waals surface area contributed by atoms with E-state index in [-0.39, 0.29) is 11.5 Å². The third-order valence-electron chi connectivity index (χ3n) is 3.57. The number of amides is 2. The van der Waals surface area contributed by atoms with E-state index in [2.05, 4.69) is 5.32 Å². The largest absolute Gasteiger partial charge is 0.497 e. The van der Waals surface area contributed by atoms with Crippen molar-refractivity contribution in [1.82, 2.24) is 4.90 Å². The molecule has 2 aromatic carbocycles. The van der Waals surface area contributed by atoms with Gasteiger partial charge in [-0.25, -0.2) is 0 Å². The fraction of sp³-hybridized carbons (Fsp3) is 0.150. The van der Waals surface area contributed by atoms with Crippen LogP contribution in [0, 0.1) is 11.3 Å². The van der Waals surface area contributed by atoms with E-state index in [0.717, 1.165) is 0 Å². The number of carbonyl (C=O) groups excluding carboxylic acids is 2. The normalized spacial score (nSPS) is 10.6. The number of hydrogen-bond donors (Lipinski definition) is 1. The number of benzene rings is 2. The first kappa shape index (κ1) is 18.7. The third-order valence-corrected chi connectivity index (χ3v) is 3.57. The van der Waals surface area contributed by atoms with Crippen LogP contribution in [0.25, 0.3) is 6.08 Å². The lowest BCUT2D eigenvalue weighted by molar-refractivity contribution is -0.112.